The second-order valence-electron chi connectivity index (χ2n) is 2.82. The van der Waals surface area contributed by atoms with Crippen LogP contribution in [0.25, 0.3) is 0 Å². The van der Waals surface area contributed by atoms with Crippen LogP contribution < -0.4 is 5.73 Å². The van der Waals surface area contributed by atoms with Crippen LogP contribution in [-0.2, 0) is 14.6 Å². The van der Waals surface area contributed by atoms with Crippen LogP contribution in [0, 0.1) is 0 Å². The predicted octanol–water partition coefficient (Wildman–Crippen LogP) is -0.966. The van der Waals surface area contributed by atoms with Gasteiger partial charge in [-0.2, -0.15) is 4.98 Å². The molecule has 1 rings (SSSR count). The van der Waals surface area contributed by atoms with Gasteiger partial charge in [-0.1, -0.05) is 0 Å². The first-order valence-corrected chi connectivity index (χ1v) is 6.12. The van der Waals surface area contributed by atoms with Gasteiger partial charge in [-0.05, 0) is 6.92 Å². The Kier molecular flexibility index (Phi) is 3.38. The summed E-state index contributed by atoms with van der Waals surface area (Å²) < 4.78 is 26.7. The minimum absolute atomic E-state index is 0.147. The Balaban J connectivity index is 3.15. The first-order chi connectivity index (χ1) is 7.36. The van der Waals surface area contributed by atoms with E-state index in [1.807, 2.05) is 0 Å². The van der Waals surface area contributed by atoms with E-state index in [0.29, 0.717) is 0 Å². The summed E-state index contributed by atoms with van der Waals surface area (Å²) in [5, 5.41) is 6.13. The number of hydrogen-bond donors (Lipinski definition) is 1. The van der Waals surface area contributed by atoms with Gasteiger partial charge in [-0.15, -0.1) is 10.2 Å². The largest absolute Gasteiger partial charge is 0.461 e. The number of sulfone groups is 1. The van der Waals surface area contributed by atoms with Gasteiger partial charge in [0.05, 0.1) is 6.61 Å². The molecular formula is C7H10N4O4S. The van der Waals surface area contributed by atoms with Gasteiger partial charge >= 0.3 is 5.97 Å². The summed E-state index contributed by atoms with van der Waals surface area (Å²) in [6.45, 7) is 1.76. The second kappa shape index (κ2) is 4.39. The van der Waals surface area contributed by atoms with Crippen LogP contribution in [0.4, 0.5) is 5.82 Å². The van der Waals surface area contributed by atoms with Crippen molar-refractivity contribution in [2.24, 2.45) is 0 Å². The van der Waals surface area contributed by atoms with Crippen molar-refractivity contribution in [2.45, 2.75) is 12.1 Å². The van der Waals surface area contributed by atoms with Gasteiger partial charge in [0.15, 0.2) is 5.82 Å². The molecule has 2 N–H and O–H groups in total. The summed E-state index contributed by atoms with van der Waals surface area (Å²) in [4.78, 5) is 14.7. The highest BCUT2D eigenvalue weighted by Gasteiger charge is 2.19. The van der Waals surface area contributed by atoms with Crippen molar-refractivity contribution in [3.63, 3.8) is 0 Å². The third kappa shape index (κ3) is 2.63. The van der Waals surface area contributed by atoms with Gasteiger partial charge in [0.25, 0.3) is 5.16 Å². The number of nitrogens with zero attached hydrogens (tertiary/aromatic N) is 3. The van der Waals surface area contributed by atoms with Crippen LogP contribution in [0.2, 0.25) is 0 Å². The summed E-state index contributed by atoms with van der Waals surface area (Å²) in [5.74, 6) is -1.12. The Hall–Kier alpha value is -1.77. The third-order valence-corrected chi connectivity index (χ3v) is 2.33. The molecule has 1 aromatic heterocycles. The predicted molar refractivity (Wildman–Crippen MR) is 53.3 cm³/mol. The number of nitrogens with two attached hydrogens (primary N) is 1. The molecule has 16 heavy (non-hydrogen) atoms. The molecule has 0 saturated heterocycles. The average molecular weight is 246 g/mol. The fraction of sp³-hybridized carbons (Fsp3) is 0.429. The number of carbonyl (C=O) groups is 1. The molecule has 9 heteroatoms. The van der Waals surface area contributed by atoms with Crippen LogP contribution in [0.15, 0.2) is 5.16 Å². The number of esters is 1. The molecule has 0 saturated carbocycles. The molecule has 0 aliphatic rings. The molecule has 0 atom stereocenters. The summed E-state index contributed by atoms with van der Waals surface area (Å²) in [6, 6.07) is 0. The first kappa shape index (κ1) is 12.3. The molecule has 1 heterocycles. The molecule has 8 nitrogen and oxygen atoms in total. The third-order valence-electron chi connectivity index (χ3n) is 1.49. The smallest absolute Gasteiger partial charge is 0.362 e. The zero-order valence-electron chi connectivity index (χ0n) is 8.67. The highest BCUT2D eigenvalue weighted by Crippen LogP contribution is 2.08. The molecule has 0 radical (unpaired) electrons. The van der Waals surface area contributed by atoms with Crippen LogP contribution in [-0.4, -0.2) is 42.4 Å². The zero-order valence-corrected chi connectivity index (χ0v) is 9.48. The van der Waals surface area contributed by atoms with E-state index in [1.54, 1.807) is 6.92 Å². The molecule has 0 aliphatic carbocycles. The average Bonchev–Trinajstić information content (AvgIpc) is 2.16. The number of aromatic nitrogens is 3. The monoisotopic (exact) mass is 246 g/mol. The topological polar surface area (TPSA) is 125 Å². The Labute approximate surface area is 91.8 Å². The molecule has 0 spiro atoms. The zero-order chi connectivity index (χ0) is 12.3. The van der Waals surface area contributed by atoms with Crippen LogP contribution in [0.3, 0.4) is 0 Å². The van der Waals surface area contributed by atoms with E-state index < -0.39 is 21.0 Å². The maximum atomic E-state index is 11.2. The number of ether oxygens (including phenoxy) is 1. The Morgan fingerprint density at radius 3 is 2.50 bits per heavy atom. The number of rotatable bonds is 3. The summed E-state index contributed by atoms with van der Waals surface area (Å²) in [5.41, 5.74) is 5.07. The van der Waals surface area contributed by atoms with Crippen molar-refractivity contribution >= 4 is 21.6 Å². The van der Waals surface area contributed by atoms with Crippen molar-refractivity contribution in [2.75, 3.05) is 18.6 Å². The lowest BCUT2D eigenvalue weighted by atomic mass is 10.4. The highest BCUT2D eigenvalue weighted by atomic mass is 32.2. The number of anilines is 1. The van der Waals surface area contributed by atoms with Gasteiger partial charge in [-0.3, -0.25) is 0 Å². The maximum Gasteiger partial charge on any atom is 0.362 e. The van der Waals surface area contributed by atoms with Gasteiger partial charge in [-0.25, -0.2) is 13.2 Å². The summed E-state index contributed by atoms with van der Waals surface area (Å²) in [7, 11) is -3.60. The Morgan fingerprint density at radius 1 is 1.44 bits per heavy atom. The number of hydrogen-bond acceptors (Lipinski definition) is 8. The van der Waals surface area contributed by atoms with E-state index in [-0.39, 0.29) is 18.1 Å². The molecule has 1 aromatic rings. The molecular weight excluding hydrogens is 236 g/mol. The van der Waals surface area contributed by atoms with E-state index in [4.69, 9.17) is 5.73 Å². The lowest BCUT2D eigenvalue weighted by Crippen LogP contribution is -2.16. The first-order valence-electron chi connectivity index (χ1n) is 4.23. The molecule has 88 valence electrons. The molecule has 0 aliphatic heterocycles. The molecule has 0 aromatic carbocycles. The van der Waals surface area contributed by atoms with E-state index in [1.165, 1.54) is 0 Å². The fourth-order valence-electron chi connectivity index (χ4n) is 0.824. The van der Waals surface area contributed by atoms with Crippen LogP contribution >= 0.6 is 0 Å². The van der Waals surface area contributed by atoms with Crippen molar-refractivity contribution in [3.8, 4) is 0 Å². The maximum absolute atomic E-state index is 11.2. The number of nitrogen functional groups attached to an aromatic ring is 1. The van der Waals surface area contributed by atoms with Crippen molar-refractivity contribution < 1.29 is 17.9 Å². The van der Waals surface area contributed by atoms with Gasteiger partial charge in [0.2, 0.25) is 15.5 Å². The lowest BCUT2D eigenvalue weighted by Gasteiger charge is -2.03. The highest BCUT2D eigenvalue weighted by molar-refractivity contribution is 7.90. The standard InChI is InChI=1S/C7H10N4O4S/c1-3-15-6(12)4-5(8)9-7(11-10-4)16(2,13)14/h3H2,1-2H3,(H2,8,9,11). The van der Waals surface area contributed by atoms with Gasteiger partial charge in [0.1, 0.15) is 0 Å². The van der Waals surface area contributed by atoms with Crippen LogP contribution in [0.5, 0.6) is 0 Å². The number of carbonyl (C=O) groups excluding carboxylic acids is 1. The molecule has 0 amide bonds. The van der Waals surface area contributed by atoms with E-state index in [0.717, 1.165) is 6.26 Å². The van der Waals surface area contributed by atoms with Gasteiger partial charge < -0.3 is 10.5 Å². The van der Waals surface area contributed by atoms with Crippen LogP contribution in [0.1, 0.15) is 17.4 Å². The minimum Gasteiger partial charge on any atom is -0.461 e. The molecule has 0 bridgehead atoms. The summed E-state index contributed by atoms with van der Waals surface area (Å²) >= 11 is 0. The quantitative estimate of drug-likeness (QED) is 0.675. The SMILES string of the molecule is CCOC(=O)c1nnc(S(C)(=O)=O)nc1N. The molecule has 0 unspecified atom stereocenters. The van der Waals surface area contributed by atoms with Crippen molar-refractivity contribution in [1.29, 1.82) is 0 Å². The minimum atomic E-state index is -3.60. The van der Waals surface area contributed by atoms with E-state index in [2.05, 4.69) is 19.9 Å². The normalized spacial score (nSPS) is 11.1. The second-order valence-corrected chi connectivity index (χ2v) is 4.73. The molecule has 0 fully saturated rings. The lowest BCUT2D eigenvalue weighted by molar-refractivity contribution is 0.0518. The van der Waals surface area contributed by atoms with Crippen molar-refractivity contribution in [3.05, 3.63) is 5.69 Å². The summed E-state index contributed by atoms with van der Waals surface area (Å²) in [6.07, 6.45) is 0.910. The van der Waals surface area contributed by atoms with Crippen molar-refractivity contribution in [1.82, 2.24) is 15.2 Å². The Morgan fingerprint density at radius 2 is 2.06 bits per heavy atom. The fourth-order valence-corrected chi connectivity index (χ4v) is 1.28. The van der Waals surface area contributed by atoms with Gasteiger partial charge in [0, 0.05) is 6.26 Å². The van der Waals surface area contributed by atoms with E-state index in [9.17, 15) is 13.2 Å². The van der Waals surface area contributed by atoms with E-state index >= 15 is 0 Å². The Bertz CT molecular complexity index is 513.